The summed E-state index contributed by atoms with van der Waals surface area (Å²) in [6.45, 7) is 0.507. The van der Waals surface area contributed by atoms with Gasteiger partial charge in [0.15, 0.2) is 0 Å². The van der Waals surface area contributed by atoms with E-state index in [-0.39, 0.29) is 17.7 Å². The van der Waals surface area contributed by atoms with Crippen molar-refractivity contribution in [1.29, 1.82) is 0 Å². The maximum atomic E-state index is 12.6. The van der Waals surface area contributed by atoms with E-state index in [9.17, 15) is 13.2 Å². The number of hydrogen-bond donors (Lipinski definition) is 1. The third kappa shape index (κ3) is 3.21. The number of carbonyl (C=O) groups excluding carboxylic acids is 1. The Kier molecular flexibility index (Phi) is 4.44. The Morgan fingerprint density at radius 2 is 1.81 bits per heavy atom. The predicted octanol–water partition coefficient (Wildman–Crippen LogP) is 3.03. The Bertz CT molecular complexity index is 922. The molecule has 2 aromatic carbocycles. The van der Waals surface area contributed by atoms with Crippen LogP contribution in [-0.4, -0.2) is 26.6 Å². The standard InChI is InChI=1S/C20H22N2O3S/c23-20(21-19-8-3-6-15-5-1-2-7-18(15)19)16-9-11-17(12-10-16)22-13-4-14-26(22,24)25/h1-2,5,7,9-12,19H,3-4,6,8,13-14H2,(H,21,23). The maximum absolute atomic E-state index is 12.6. The highest BCUT2D eigenvalue weighted by Crippen LogP contribution is 2.30. The van der Waals surface area contributed by atoms with Crippen molar-refractivity contribution >= 4 is 21.6 Å². The maximum Gasteiger partial charge on any atom is 0.251 e. The van der Waals surface area contributed by atoms with Crippen LogP contribution in [0.25, 0.3) is 0 Å². The van der Waals surface area contributed by atoms with Gasteiger partial charge in [-0.25, -0.2) is 8.42 Å². The monoisotopic (exact) mass is 370 g/mol. The highest BCUT2D eigenvalue weighted by molar-refractivity contribution is 7.93. The van der Waals surface area contributed by atoms with E-state index in [1.807, 2.05) is 12.1 Å². The molecule has 0 radical (unpaired) electrons. The minimum Gasteiger partial charge on any atom is -0.345 e. The van der Waals surface area contributed by atoms with Crippen molar-refractivity contribution in [2.45, 2.75) is 31.7 Å². The second kappa shape index (κ2) is 6.76. The molecule has 1 fully saturated rings. The Hall–Kier alpha value is -2.34. The first-order chi connectivity index (χ1) is 12.5. The summed E-state index contributed by atoms with van der Waals surface area (Å²) in [5.74, 6) is 0.0681. The van der Waals surface area contributed by atoms with Crippen LogP contribution in [0.5, 0.6) is 0 Å². The van der Waals surface area contributed by atoms with Crippen LogP contribution in [-0.2, 0) is 16.4 Å². The van der Waals surface area contributed by atoms with Crippen LogP contribution in [0.15, 0.2) is 48.5 Å². The quantitative estimate of drug-likeness (QED) is 0.903. The molecule has 0 spiro atoms. The van der Waals surface area contributed by atoms with E-state index >= 15 is 0 Å². The van der Waals surface area contributed by atoms with Crippen LogP contribution in [0.3, 0.4) is 0 Å². The molecule has 2 aliphatic rings. The molecule has 1 saturated heterocycles. The fourth-order valence-electron chi connectivity index (χ4n) is 3.85. The van der Waals surface area contributed by atoms with Gasteiger partial charge in [0.25, 0.3) is 5.91 Å². The van der Waals surface area contributed by atoms with Crippen molar-refractivity contribution in [3.05, 3.63) is 65.2 Å². The van der Waals surface area contributed by atoms with Crippen LogP contribution in [0.2, 0.25) is 0 Å². The first kappa shape index (κ1) is 17.1. The molecule has 1 amide bonds. The predicted molar refractivity (Wildman–Crippen MR) is 102 cm³/mol. The molecule has 0 bridgehead atoms. The number of aryl methyl sites for hydroxylation is 1. The number of fused-ring (bicyclic) bond motifs is 1. The largest absolute Gasteiger partial charge is 0.345 e. The molecule has 6 heteroatoms. The topological polar surface area (TPSA) is 66.5 Å². The summed E-state index contributed by atoms with van der Waals surface area (Å²) in [6.07, 6.45) is 3.70. The van der Waals surface area contributed by atoms with E-state index in [1.54, 1.807) is 24.3 Å². The van der Waals surface area contributed by atoms with Crippen molar-refractivity contribution < 1.29 is 13.2 Å². The summed E-state index contributed by atoms with van der Waals surface area (Å²) in [4.78, 5) is 12.6. The smallest absolute Gasteiger partial charge is 0.251 e. The van der Waals surface area contributed by atoms with Crippen molar-refractivity contribution in [2.24, 2.45) is 0 Å². The van der Waals surface area contributed by atoms with Gasteiger partial charge in [0.2, 0.25) is 10.0 Å². The molecule has 26 heavy (non-hydrogen) atoms. The second-order valence-corrected chi connectivity index (χ2v) is 8.92. The molecule has 1 N–H and O–H groups in total. The molecule has 1 aliphatic carbocycles. The van der Waals surface area contributed by atoms with Gasteiger partial charge >= 0.3 is 0 Å². The van der Waals surface area contributed by atoms with Crippen LogP contribution in [0.1, 0.15) is 46.8 Å². The lowest BCUT2D eigenvalue weighted by atomic mass is 9.87. The third-order valence-corrected chi connectivity index (χ3v) is 7.06. The molecular formula is C20H22N2O3S. The second-order valence-electron chi connectivity index (χ2n) is 6.91. The zero-order chi connectivity index (χ0) is 18.1. The number of sulfonamides is 1. The molecule has 0 aromatic heterocycles. The number of nitrogens with zero attached hydrogens (tertiary/aromatic N) is 1. The summed E-state index contributed by atoms with van der Waals surface area (Å²) in [6, 6.07) is 15.1. The summed E-state index contributed by atoms with van der Waals surface area (Å²) in [5.41, 5.74) is 3.68. The van der Waals surface area contributed by atoms with Gasteiger partial charge in [0.05, 0.1) is 17.5 Å². The number of rotatable bonds is 3. The van der Waals surface area contributed by atoms with Crippen LogP contribution >= 0.6 is 0 Å². The minimum absolute atomic E-state index is 0.0334. The van der Waals surface area contributed by atoms with E-state index in [0.29, 0.717) is 24.2 Å². The Morgan fingerprint density at radius 3 is 2.54 bits per heavy atom. The van der Waals surface area contributed by atoms with Gasteiger partial charge in [0, 0.05) is 12.1 Å². The van der Waals surface area contributed by atoms with Gasteiger partial charge in [0.1, 0.15) is 0 Å². The fraction of sp³-hybridized carbons (Fsp3) is 0.350. The lowest BCUT2D eigenvalue weighted by Crippen LogP contribution is -2.31. The number of hydrogen-bond acceptors (Lipinski definition) is 3. The van der Waals surface area contributed by atoms with Crippen LogP contribution in [0, 0.1) is 0 Å². The third-order valence-electron chi connectivity index (χ3n) is 5.19. The summed E-state index contributed by atoms with van der Waals surface area (Å²) < 4.78 is 25.4. The van der Waals surface area contributed by atoms with Gasteiger partial charge in [-0.3, -0.25) is 9.10 Å². The Morgan fingerprint density at radius 1 is 1.04 bits per heavy atom. The molecule has 1 atom stereocenters. The van der Waals surface area contributed by atoms with E-state index in [1.165, 1.54) is 15.4 Å². The molecule has 0 saturated carbocycles. The first-order valence-corrected chi connectivity index (χ1v) is 10.6. The molecule has 5 nitrogen and oxygen atoms in total. The average Bonchev–Trinajstić information content (AvgIpc) is 3.01. The van der Waals surface area contributed by atoms with Crippen molar-refractivity contribution in [3.8, 4) is 0 Å². The number of carbonyl (C=O) groups is 1. The van der Waals surface area contributed by atoms with Gasteiger partial charge in [-0.2, -0.15) is 0 Å². The van der Waals surface area contributed by atoms with E-state index in [2.05, 4.69) is 17.4 Å². The summed E-state index contributed by atoms with van der Waals surface area (Å²) in [5, 5.41) is 3.13. The molecular weight excluding hydrogens is 348 g/mol. The molecule has 2 aromatic rings. The van der Waals surface area contributed by atoms with Gasteiger partial charge in [-0.15, -0.1) is 0 Å². The van der Waals surface area contributed by atoms with Crippen LogP contribution in [0.4, 0.5) is 5.69 Å². The fourth-order valence-corrected chi connectivity index (χ4v) is 5.42. The molecule has 1 heterocycles. The first-order valence-electron chi connectivity index (χ1n) is 9.04. The zero-order valence-electron chi connectivity index (χ0n) is 14.5. The van der Waals surface area contributed by atoms with E-state index in [0.717, 1.165) is 19.3 Å². The van der Waals surface area contributed by atoms with Crippen molar-refractivity contribution in [1.82, 2.24) is 5.32 Å². The van der Waals surface area contributed by atoms with Gasteiger partial charge in [-0.1, -0.05) is 24.3 Å². The number of nitrogens with one attached hydrogen (secondary N) is 1. The highest BCUT2D eigenvalue weighted by Gasteiger charge is 2.28. The lowest BCUT2D eigenvalue weighted by molar-refractivity contribution is 0.0933. The average molecular weight is 370 g/mol. The number of amides is 1. The Balaban J connectivity index is 1.50. The van der Waals surface area contributed by atoms with Crippen molar-refractivity contribution in [2.75, 3.05) is 16.6 Å². The van der Waals surface area contributed by atoms with Gasteiger partial charge in [-0.05, 0) is 61.1 Å². The Labute approximate surface area is 154 Å². The normalized spacial score (nSPS) is 21.2. The zero-order valence-corrected chi connectivity index (χ0v) is 15.3. The molecule has 1 unspecified atom stereocenters. The van der Waals surface area contributed by atoms with E-state index < -0.39 is 10.0 Å². The minimum atomic E-state index is -3.20. The summed E-state index contributed by atoms with van der Waals surface area (Å²) >= 11 is 0. The molecule has 136 valence electrons. The SMILES string of the molecule is O=C(NC1CCCc2ccccc21)c1ccc(N2CCCS2(=O)=O)cc1. The molecule has 4 rings (SSSR count). The lowest BCUT2D eigenvalue weighted by Gasteiger charge is -2.26. The number of benzene rings is 2. The van der Waals surface area contributed by atoms with Gasteiger partial charge < -0.3 is 5.32 Å². The molecule has 1 aliphatic heterocycles. The highest BCUT2D eigenvalue weighted by atomic mass is 32.2. The van der Waals surface area contributed by atoms with E-state index in [4.69, 9.17) is 0 Å². The van der Waals surface area contributed by atoms with Crippen LogP contribution < -0.4 is 9.62 Å². The number of anilines is 1. The van der Waals surface area contributed by atoms with Crippen molar-refractivity contribution in [3.63, 3.8) is 0 Å². The summed E-state index contributed by atoms with van der Waals surface area (Å²) in [7, 11) is -3.20.